The number of nitrogens with zero attached hydrogens (tertiary/aromatic N) is 1. The normalized spacial score (nSPS) is 14.4. The van der Waals surface area contributed by atoms with Crippen molar-refractivity contribution in [1.82, 2.24) is 4.90 Å². The largest absolute Gasteiger partial charge is 0.489 e. The Morgan fingerprint density at radius 2 is 1.78 bits per heavy atom. The first-order chi connectivity index (χ1) is 17.2. The molecule has 3 amide bonds. The van der Waals surface area contributed by atoms with E-state index in [0.29, 0.717) is 40.6 Å². The monoisotopic (exact) mass is 512 g/mol. The van der Waals surface area contributed by atoms with Gasteiger partial charge in [0.15, 0.2) is 17.5 Å². The molecule has 0 atom stereocenters. The molecule has 0 radical (unpaired) electrons. The maximum Gasteiger partial charge on any atom is 0.294 e. The molecule has 10 heteroatoms. The number of ether oxygens (including phenoxy) is 1. The van der Waals surface area contributed by atoms with Crippen molar-refractivity contribution in [1.29, 1.82) is 0 Å². The number of hydrogen-bond acceptors (Lipinski definition) is 5. The van der Waals surface area contributed by atoms with E-state index < -0.39 is 46.7 Å². The van der Waals surface area contributed by atoms with Crippen molar-refractivity contribution in [2.75, 3.05) is 11.9 Å². The zero-order chi connectivity index (χ0) is 25.8. The molecule has 3 aromatic rings. The predicted octanol–water partition coefficient (Wildman–Crippen LogP) is 5.67. The highest BCUT2D eigenvalue weighted by Gasteiger charge is 2.36. The minimum Gasteiger partial charge on any atom is -0.489 e. The van der Waals surface area contributed by atoms with Gasteiger partial charge in [0.25, 0.3) is 11.1 Å². The molecule has 1 saturated heterocycles. The zero-order valence-corrected chi connectivity index (χ0v) is 19.7. The summed E-state index contributed by atoms with van der Waals surface area (Å²) in [4.78, 5) is 37.9. The fraction of sp³-hybridized carbons (Fsp3) is 0.115. The van der Waals surface area contributed by atoms with Crippen molar-refractivity contribution in [3.8, 4) is 5.75 Å². The van der Waals surface area contributed by atoms with Crippen LogP contribution in [0, 0.1) is 24.4 Å². The molecule has 0 spiro atoms. The van der Waals surface area contributed by atoms with Gasteiger partial charge in [-0.05, 0) is 60.2 Å². The van der Waals surface area contributed by atoms with E-state index in [4.69, 9.17) is 4.74 Å². The summed E-state index contributed by atoms with van der Waals surface area (Å²) in [6.07, 6.45) is 1.50. The maximum absolute atomic E-state index is 13.8. The summed E-state index contributed by atoms with van der Waals surface area (Å²) < 4.78 is 45.9. The van der Waals surface area contributed by atoms with Crippen molar-refractivity contribution in [3.05, 3.63) is 99.7 Å². The second kappa shape index (κ2) is 10.7. The number of benzene rings is 3. The highest BCUT2D eigenvalue weighted by molar-refractivity contribution is 8.18. The minimum absolute atomic E-state index is 0.0974. The third-order valence-electron chi connectivity index (χ3n) is 5.15. The van der Waals surface area contributed by atoms with Crippen LogP contribution >= 0.6 is 11.8 Å². The molecule has 4 rings (SSSR count). The van der Waals surface area contributed by atoms with Crippen LogP contribution in [0.3, 0.4) is 0 Å². The molecule has 1 fully saturated rings. The summed E-state index contributed by atoms with van der Waals surface area (Å²) in [5.74, 6) is -5.75. The molecule has 3 aromatic carbocycles. The molecule has 36 heavy (non-hydrogen) atoms. The van der Waals surface area contributed by atoms with Gasteiger partial charge in [0.05, 0.1) is 10.6 Å². The predicted molar refractivity (Wildman–Crippen MR) is 130 cm³/mol. The van der Waals surface area contributed by atoms with E-state index in [-0.39, 0.29) is 4.91 Å². The van der Waals surface area contributed by atoms with E-state index in [1.54, 1.807) is 24.3 Å². The Kier molecular flexibility index (Phi) is 7.44. The fourth-order valence-electron chi connectivity index (χ4n) is 3.37. The minimum atomic E-state index is -1.74. The standard InChI is InChI=1S/C26H19F3N2O4S/c1-15-3-2-4-17(11-15)14-35-18-7-5-16(6-8-18)12-21-25(33)31(26(34)36-21)13-22(32)30-20-10-9-19(27)23(28)24(20)29/h2-12H,13-14H2,1H3,(H,30,32)/b21-12+. The van der Waals surface area contributed by atoms with E-state index in [1.807, 2.05) is 36.5 Å². The molecular formula is C26H19F3N2O4S. The average molecular weight is 513 g/mol. The zero-order valence-electron chi connectivity index (χ0n) is 18.9. The smallest absolute Gasteiger partial charge is 0.294 e. The maximum atomic E-state index is 13.8. The van der Waals surface area contributed by atoms with E-state index >= 15 is 0 Å². The summed E-state index contributed by atoms with van der Waals surface area (Å²) in [6, 6.07) is 16.3. The summed E-state index contributed by atoms with van der Waals surface area (Å²) in [5, 5.41) is 1.34. The molecule has 1 heterocycles. The van der Waals surface area contributed by atoms with Gasteiger partial charge >= 0.3 is 0 Å². The van der Waals surface area contributed by atoms with Gasteiger partial charge in [-0.15, -0.1) is 0 Å². The van der Waals surface area contributed by atoms with E-state index in [2.05, 4.69) is 0 Å². The lowest BCUT2D eigenvalue weighted by Crippen LogP contribution is -2.36. The summed E-state index contributed by atoms with van der Waals surface area (Å²) in [6.45, 7) is 1.68. The van der Waals surface area contributed by atoms with Crippen LogP contribution in [0.5, 0.6) is 5.75 Å². The number of rotatable bonds is 7. The van der Waals surface area contributed by atoms with Crippen molar-refractivity contribution >= 4 is 40.6 Å². The molecule has 184 valence electrons. The number of amides is 3. The van der Waals surface area contributed by atoms with Gasteiger partial charge in [0.2, 0.25) is 5.91 Å². The molecular weight excluding hydrogens is 493 g/mol. The Morgan fingerprint density at radius 1 is 1.03 bits per heavy atom. The molecule has 0 saturated carbocycles. The first-order valence-corrected chi connectivity index (χ1v) is 11.5. The molecule has 0 aromatic heterocycles. The van der Waals surface area contributed by atoms with Crippen molar-refractivity contribution in [2.45, 2.75) is 13.5 Å². The molecule has 1 aliphatic rings. The summed E-state index contributed by atoms with van der Waals surface area (Å²) >= 11 is 0.649. The van der Waals surface area contributed by atoms with Crippen LogP contribution < -0.4 is 10.1 Å². The first kappa shape index (κ1) is 25.1. The third kappa shape index (κ3) is 5.77. The highest BCUT2D eigenvalue weighted by Crippen LogP contribution is 2.32. The van der Waals surface area contributed by atoms with Crippen LogP contribution in [0.25, 0.3) is 6.08 Å². The van der Waals surface area contributed by atoms with Crippen LogP contribution in [0.2, 0.25) is 0 Å². The summed E-state index contributed by atoms with van der Waals surface area (Å²) in [7, 11) is 0. The van der Waals surface area contributed by atoms with Gasteiger partial charge < -0.3 is 10.1 Å². The van der Waals surface area contributed by atoms with E-state index in [9.17, 15) is 27.6 Å². The molecule has 6 nitrogen and oxygen atoms in total. The lowest BCUT2D eigenvalue weighted by Gasteiger charge is -2.13. The van der Waals surface area contributed by atoms with Crippen molar-refractivity contribution in [3.63, 3.8) is 0 Å². The highest BCUT2D eigenvalue weighted by atomic mass is 32.2. The lowest BCUT2D eigenvalue weighted by molar-refractivity contribution is -0.127. The topological polar surface area (TPSA) is 75.7 Å². The lowest BCUT2D eigenvalue weighted by atomic mass is 10.1. The number of carbonyl (C=O) groups excluding carboxylic acids is 3. The Balaban J connectivity index is 1.37. The molecule has 0 bridgehead atoms. The first-order valence-electron chi connectivity index (χ1n) is 10.7. The van der Waals surface area contributed by atoms with Crippen LogP contribution in [-0.2, 0) is 16.2 Å². The van der Waals surface area contributed by atoms with Gasteiger partial charge in [-0.3, -0.25) is 19.3 Å². The van der Waals surface area contributed by atoms with Crippen molar-refractivity contribution in [2.24, 2.45) is 0 Å². The number of nitrogens with one attached hydrogen (secondary N) is 1. The summed E-state index contributed by atoms with van der Waals surface area (Å²) in [5.41, 5.74) is 2.20. The number of aryl methyl sites for hydroxylation is 1. The SMILES string of the molecule is Cc1cccc(COc2ccc(/C=C3/SC(=O)N(CC(=O)Nc4ccc(F)c(F)c4F)C3=O)cc2)c1. The van der Waals surface area contributed by atoms with Gasteiger partial charge in [-0.25, -0.2) is 13.2 Å². The van der Waals surface area contributed by atoms with Crippen LogP contribution in [0.1, 0.15) is 16.7 Å². The fourth-order valence-corrected chi connectivity index (χ4v) is 4.21. The Hall–Kier alpha value is -4.05. The average Bonchev–Trinajstić information content (AvgIpc) is 3.11. The second-order valence-electron chi connectivity index (χ2n) is 7.89. The van der Waals surface area contributed by atoms with Crippen molar-refractivity contribution < 1.29 is 32.3 Å². The van der Waals surface area contributed by atoms with E-state index in [1.165, 1.54) is 6.08 Å². The number of hydrogen-bond donors (Lipinski definition) is 1. The van der Waals surface area contributed by atoms with Gasteiger partial charge in [0, 0.05) is 0 Å². The molecule has 1 N–H and O–H groups in total. The number of anilines is 1. The molecule has 0 unspecified atom stereocenters. The van der Waals surface area contributed by atoms with Gasteiger partial charge in [0.1, 0.15) is 18.9 Å². The Bertz CT molecular complexity index is 1380. The van der Waals surface area contributed by atoms with Crippen LogP contribution in [-0.4, -0.2) is 28.5 Å². The quantitative estimate of drug-likeness (QED) is 0.326. The number of thioether (sulfide) groups is 1. The molecule has 0 aliphatic carbocycles. The van der Waals surface area contributed by atoms with Crippen LogP contribution in [0.4, 0.5) is 23.7 Å². The van der Waals surface area contributed by atoms with E-state index in [0.717, 1.165) is 17.2 Å². The second-order valence-corrected chi connectivity index (χ2v) is 8.88. The van der Waals surface area contributed by atoms with Gasteiger partial charge in [-0.2, -0.15) is 0 Å². The third-order valence-corrected chi connectivity index (χ3v) is 6.06. The number of halogens is 3. The van der Waals surface area contributed by atoms with Gasteiger partial charge in [-0.1, -0.05) is 42.0 Å². The Morgan fingerprint density at radius 3 is 2.50 bits per heavy atom. The molecule has 1 aliphatic heterocycles. The number of imide groups is 1. The van der Waals surface area contributed by atoms with Crippen LogP contribution in [0.15, 0.2) is 65.6 Å². The Labute approximate surface area is 208 Å². The number of carbonyl (C=O) groups is 3.